The Labute approximate surface area is 119 Å². The van der Waals surface area contributed by atoms with Gasteiger partial charge < -0.3 is 15.2 Å². The average Bonchev–Trinajstić information content (AvgIpc) is 2.93. The molecule has 1 aliphatic carbocycles. The maximum atomic E-state index is 11.8. The zero-order chi connectivity index (χ0) is 14.4. The molecule has 2 rings (SSSR count). The Balaban J connectivity index is 1.80. The number of carbonyl (C=O) groups is 1. The molecule has 0 aliphatic heterocycles. The SMILES string of the molecule is COc1cccc(NC(=O)OCC2CCCC2CN)c1. The van der Waals surface area contributed by atoms with Crippen LogP contribution in [-0.2, 0) is 4.74 Å². The van der Waals surface area contributed by atoms with Gasteiger partial charge in [-0.25, -0.2) is 4.79 Å². The van der Waals surface area contributed by atoms with Gasteiger partial charge in [0, 0.05) is 11.8 Å². The number of methoxy groups -OCH3 is 1. The highest BCUT2D eigenvalue weighted by Gasteiger charge is 2.27. The van der Waals surface area contributed by atoms with Gasteiger partial charge in [0.05, 0.1) is 13.7 Å². The van der Waals surface area contributed by atoms with Crippen LogP contribution in [0.5, 0.6) is 5.75 Å². The quantitative estimate of drug-likeness (QED) is 0.868. The van der Waals surface area contributed by atoms with Crippen molar-refractivity contribution >= 4 is 11.8 Å². The normalized spacial score (nSPS) is 21.5. The van der Waals surface area contributed by atoms with Crippen molar-refractivity contribution in [2.24, 2.45) is 17.6 Å². The Morgan fingerprint density at radius 1 is 1.40 bits per heavy atom. The Morgan fingerprint density at radius 3 is 2.95 bits per heavy atom. The van der Waals surface area contributed by atoms with Gasteiger partial charge in [0.1, 0.15) is 5.75 Å². The van der Waals surface area contributed by atoms with Crippen molar-refractivity contribution in [3.05, 3.63) is 24.3 Å². The molecule has 2 unspecified atom stereocenters. The molecule has 1 saturated carbocycles. The minimum absolute atomic E-state index is 0.399. The molecule has 110 valence electrons. The number of carbonyl (C=O) groups excluding carboxylic acids is 1. The summed E-state index contributed by atoms with van der Waals surface area (Å²) in [5.74, 6) is 1.58. The number of rotatable bonds is 5. The van der Waals surface area contributed by atoms with Crippen LogP contribution < -0.4 is 15.8 Å². The Bertz CT molecular complexity index is 450. The van der Waals surface area contributed by atoms with Crippen molar-refractivity contribution in [2.45, 2.75) is 19.3 Å². The van der Waals surface area contributed by atoms with Crippen LogP contribution in [0.3, 0.4) is 0 Å². The fraction of sp³-hybridized carbons (Fsp3) is 0.533. The lowest BCUT2D eigenvalue weighted by Crippen LogP contribution is -2.25. The van der Waals surface area contributed by atoms with Crippen LogP contribution in [0.4, 0.5) is 10.5 Å². The zero-order valence-electron chi connectivity index (χ0n) is 11.8. The van der Waals surface area contributed by atoms with Gasteiger partial charge in [-0.3, -0.25) is 5.32 Å². The zero-order valence-corrected chi connectivity index (χ0v) is 11.8. The third-order valence-corrected chi connectivity index (χ3v) is 3.86. The van der Waals surface area contributed by atoms with Crippen LogP contribution in [0.1, 0.15) is 19.3 Å². The predicted molar refractivity (Wildman–Crippen MR) is 77.9 cm³/mol. The maximum absolute atomic E-state index is 11.8. The first-order chi connectivity index (χ1) is 9.72. The molecular formula is C15H22N2O3. The number of benzene rings is 1. The molecule has 1 amide bonds. The Morgan fingerprint density at radius 2 is 2.20 bits per heavy atom. The van der Waals surface area contributed by atoms with E-state index in [-0.39, 0.29) is 0 Å². The van der Waals surface area contributed by atoms with Crippen LogP contribution in [0, 0.1) is 11.8 Å². The highest BCUT2D eigenvalue weighted by Crippen LogP contribution is 2.31. The molecule has 0 bridgehead atoms. The first-order valence-corrected chi connectivity index (χ1v) is 7.01. The van der Waals surface area contributed by atoms with E-state index in [0.29, 0.717) is 36.4 Å². The summed E-state index contributed by atoms with van der Waals surface area (Å²) >= 11 is 0. The number of nitrogens with two attached hydrogens (primary N) is 1. The van der Waals surface area contributed by atoms with E-state index in [4.69, 9.17) is 15.2 Å². The molecule has 1 aromatic carbocycles. The van der Waals surface area contributed by atoms with Gasteiger partial charge in [-0.1, -0.05) is 12.5 Å². The lowest BCUT2D eigenvalue weighted by Gasteiger charge is -2.17. The summed E-state index contributed by atoms with van der Waals surface area (Å²) in [5, 5.41) is 2.70. The molecule has 1 aliphatic rings. The molecule has 1 fully saturated rings. The molecule has 0 radical (unpaired) electrons. The van der Waals surface area contributed by atoms with Crippen molar-refractivity contribution in [2.75, 3.05) is 25.6 Å². The summed E-state index contributed by atoms with van der Waals surface area (Å²) in [6.07, 6.45) is 2.98. The van der Waals surface area contributed by atoms with Gasteiger partial charge in [-0.2, -0.15) is 0 Å². The van der Waals surface area contributed by atoms with Crippen molar-refractivity contribution in [1.82, 2.24) is 0 Å². The molecule has 0 saturated heterocycles. The summed E-state index contributed by atoms with van der Waals surface area (Å²) in [6.45, 7) is 1.11. The van der Waals surface area contributed by atoms with E-state index in [9.17, 15) is 4.79 Å². The number of nitrogens with one attached hydrogen (secondary N) is 1. The van der Waals surface area contributed by atoms with Gasteiger partial charge >= 0.3 is 6.09 Å². The first-order valence-electron chi connectivity index (χ1n) is 7.01. The molecule has 0 heterocycles. The summed E-state index contributed by atoms with van der Waals surface area (Å²) < 4.78 is 10.4. The molecule has 0 aromatic heterocycles. The fourth-order valence-electron chi connectivity index (χ4n) is 2.68. The fourth-order valence-corrected chi connectivity index (χ4v) is 2.68. The highest BCUT2D eigenvalue weighted by molar-refractivity contribution is 5.84. The van der Waals surface area contributed by atoms with Gasteiger partial charge in [0.25, 0.3) is 0 Å². The second-order valence-electron chi connectivity index (χ2n) is 5.14. The lowest BCUT2D eigenvalue weighted by atomic mass is 9.97. The lowest BCUT2D eigenvalue weighted by molar-refractivity contribution is 0.130. The third kappa shape index (κ3) is 3.87. The first kappa shape index (κ1) is 14.7. The van der Waals surface area contributed by atoms with Crippen molar-refractivity contribution in [3.8, 4) is 5.75 Å². The van der Waals surface area contributed by atoms with E-state index in [1.54, 1.807) is 19.2 Å². The average molecular weight is 278 g/mol. The Hall–Kier alpha value is -1.75. The number of ether oxygens (including phenoxy) is 2. The predicted octanol–water partition coefficient (Wildman–Crippen LogP) is 2.62. The number of hydrogen-bond acceptors (Lipinski definition) is 4. The smallest absolute Gasteiger partial charge is 0.411 e. The third-order valence-electron chi connectivity index (χ3n) is 3.86. The molecule has 1 aromatic rings. The topological polar surface area (TPSA) is 73.6 Å². The van der Waals surface area contributed by atoms with Gasteiger partial charge in [-0.15, -0.1) is 0 Å². The van der Waals surface area contributed by atoms with Crippen molar-refractivity contribution in [1.29, 1.82) is 0 Å². The Kier molecular flexibility index (Phi) is 5.24. The molecular weight excluding hydrogens is 256 g/mol. The van der Waals surface area contributed by atoms with E-state index in [1.807, 2.05) is 12.1 Å². The number of anilines is 1. The van der Waals surface area contributed by atoms with E-state index in [1.165, 1.54) is 6.42 Å². The molecule has 0 spiro atoms. The van der Waals surface area contributed by atoms with E-state index in [2.05, 4.69) is 5.32 Å². The van der Waals surface area contributed by atoms with Crippen LogP contribution in [0.15, 0.2) is 24.3 Å². The van der Waals surface area contributed by atoms with Gasteiger partial charge in [0.15, 0.2) is 0 Å². The minimum atomic E-state index is -0.430. The summed E-state index contributed by atoms with van der Waals surface area (Å²) in [5.41, 5.74) is 6.38. The largest absolute Gasteiger partial charge is 0.497 e. The van der Waals surface area contributed by atoms with Gasteiger partial charge in [-0.05, 0) is 43.4 Å². The molecule has 5 nitrogen and oxygen atoms in total. The van der Waals surface area contributed by atoms with Crippen LogP contribution >= 0.6 is 0 Å². The number of hydrogen-bond donors (Lipinski definition) is 2. The van der Waals surface area contributed by atoms with Crippen molar-refractivity contribution in [3.63, 3.8) is 0 Å². The molecule has 3 N–H and O–H groups in total. The van der Waals surface area contributed by atoms with Gasteiger partial charge in [0.2, 0.25) is 0 Å². The van der Waals surface area contributed by atoms with Crippen LogP contribution in [0.25, 0.3) is 0 Å². The van der Waals surface area contributed by atoms with E-state index in [0.717, 1.165) is 12.8 Å². The highest BCUT2D eigenvalue weighted by atomic mass is 16.5. The van der Waals surface area contributed by atoms with Crippen LogP contribution in [0.2, 0.25) is 0 Å². The van der Waals surface area contributed by atoms with E-state index < -0.39 is 6.09 Å². The number of amides is 1. The molecule has 20 heavy (non-hydrogen) atoms. The summed E-state index contributed by atoms with van der Waals surface area (Å²) in [4.78, 5) is 11.8. The molecule has 5 heteroatoms. The summed E-state index contributed by atoms with van der Waals surface area (Å²) in [7, 11) is 1.59. The minimum Gasteiger partial charge on any atom is -0.497 e. The standard InChI is InChI=1S/C15H22N2O3/c1-19-14-7-3-6-13(8-14)17-15(18)20-10-12-5-2-4-11(12)9-16/h3,6-8,11-12H,2,4-5,9-10,16H2,1H3,(H,17,18). The molecule has 2 atom stereocenters. The monoisotopic (exact) mass is 278 g/mol. The second kappa shape index (κ2) is 7.14. The second-order valence-corrected chi connectivity index (χ2v) is 5.14. The summed E-state index contributed by atoms with van der Waals surface area (Å²) in [6, 6.07) is 7.18. The maximum Gasteiger partial charge on any atom is 0.411 e. The van der Waals surface area contributed by atoms with E-state index >= 15 is 0 Å². The van der Waals surface area contributed by atoms with Crippen molar-refractivity contribution < 1.29 is 14.3 Å². The van der Waals surface area contributed by atoms with Crippen LogP contribution in [-0.4, -0.2) is 26.4 Å².